The van der Waals surface area contributed by atoms with Gasteiger partial charge in [0.25, 0.3) is 20.0 Å². The maximum atomic E-state index is 13.2. The van der Waals surface area contributed by atoms with Gasteiger partial charge < -0.3 is 0 Å². The lowest BCUT2D eigenvalue weighted by Crippen LogP contribution is -2.13. The van der Waals surface area contributed by atoms with Crippen molar-refractivity contribution >= 4 is 37.0 Å². The van der Waals surface area contributed by atoms with Gasteiger partial charge in [-0.05, 0) is 84.6 Å². The molecular weight excluding hydrogens is 544 g/mol. The van der Waals surface area contributed by atoms with Crippen LogP contribution in [0.5, 0.6) is 0 Å². The highest BCUT2D eigenvalue weighted by atomic mass is 32.2. The largest absolute Gasteiger partial charge is 0.280 e. The molecule has 1 aliphatic rings. The first-order valence-corrected chi connectivity index (χ1v) is 15.0. The number of sulfonamides is 2. The normalized spacial score (nSPS) is 12.1. The zero-order chi connectivity index (χ0) is 28.7. The maximum Gasteiger partial charge on any atom is 0.261 e. The third-order valence-electron chi connectivity index (χ3n) is 6.51. The van der Waals surface area contributed by atoms with Crippen molar-refractivity contribution in [3.8, 4) is 23.3 Å². The van der Waals surface area contributed by atoms with E-state index in [9.17, 15) is 27.4 Å². The lowest BCUT2D eigenvalue weighted by atomic mass is 9.99. The number of hydrogen-bond donors (Lipinski definition) is 2. The number of nitrogens with zero attached hydrogens (tertiary/aromatic N) is 2. The van der Waals surface area contributed by atoms with Gasteiger partial charge in [-0.15, -0.1) is 0 Å². The van der Waals surface area contributed by atoms with Gasteiger partial charge in [-0.25, -0.2) is 16.8 Å². The molecule has 1 aliphatic carbocycles. The molecule has 0 saturated carbocycles. The molecular formula is C30H22N4O4S2. The van der Waals surface area contributed by atoms with Gasteiger partial charge in [-0.3, -0.25) is 9.44 Å². The third kappa shape index (κ3) is 4.94. The van der Waals surface area contributed by atoms with Crippen LogP contribution in [0.1, 0.15) is 22.3 Å². The number of allylic oxidation sites excluding steroid dienone is 1. The molecule has 0 spiro atoms. The van der Waals surface area contributed by atoms with Crippen LogP contribution in [-0.4, -0.2) is 16.8 Å². The van der Waals surface area contributed by atoms with E-state index in [-0.39, 0.29) is 20.9 Å². The lowest BCUT2D eigenvalue weighted by molar-refractivity contribution is 0.599. The monoisotopic (exact) mass is 566 g/mol. The first kappa shape index (κ1) is 26.7. The van der Waals surface area contributed by atoms with Gasteiger partial charge in [0.1, 0.15) is 17.7 Å². The second-order valence-electron chi connectivity index (χ2n) is 9.33. The van der Waals surface area contributed by atoms with Crippen LogP contribution in [0.25, 0.3) is 16.7 Å². The highest BCUT2D eigenvalue weighted by Crippen LogP contribution is 2.47. The number of benzene rings is 4. The highest BCUT2D eigenvalue weighted by Gasteiger charge is 2.30. The van der Waals surface area contributed by atoms with Crippen LogP contribution in [0.4, 0.5) is 11.4 Å². The first-order chi connectivity index (χ1) is 19.0. The zero-order valence-electron chi connectivity index (χ0n) is 21.4. The van der Waals surface area contributed by atoms with E-state index in [1.165, 1.54) is 24.3 Å². The fourth-order valence-corrected chi connectivity index (χ4v) is 6.66. The Labute approximate surface area is 233 Å². The van der Waals surface area contributed by atoms with Crippen LogP contribution >= 0.6 is 0 Å². The fraction of sp³-hybridized carbons (Fsp3) is 0.0667. The molecule has 0 radical (unpaired) electrons. The second kappa shape index (κ2) is 10.0. The molecule has 8 nitrogen and oxygen atoms in total. The van der Waals surface area contributed by atoms with E-state index in [1.54, 1.807) is 60.7 Å². The van der Waals surface area contributed by atoms with E-state index in [0.717, 1.165) is 11.1 Å². The minimum atomic E-state index is -4.01. The predicted octanol–water partition coefficient (Wildman–Crippen LogP) is 5.73. The molecule has 2 N–H and O–H groups in total. The predicted molar refractivity (Wildman–Crippen MR) is 153 cm³/mol. The molecule has 0 bridgehead atoms. The van der Waals surface area contributed by atoms with Crippen LogP contribution in [0, 0.1) is 36.5 Å². The Morgan fingerprint density at radius 3 is 1.30 bits per heavy atom. The number of nitrogens with one attached hydrogen (secondary N) is 2. The van der Waals surface area contributed by atoms with Gasteiger partial charge >= 0.3 is 0 Å². The van der Waals surface area contributed by atoms with Crippen LogP contribution in [0.3, 0.4) is 0 Å². The number of aryl methyl sites for hydroxylation is 2. The van der Waals surface area contributed by atoms with Crippen LogP contribution in [0.15, 0.2) is 100 Å². The van der Waals surface area contributed by atoms with Crippen molar-refractivity contribution in [2.75, 3.05) is 9.44 Å². The Bertz CT molecular complexity index is 1860. The smallest absolute Gasteiger partial charge is 0.261 e. The van der Waals surface area contributed by atoms with Crippen molar-refractivity contribution < 1.29 is 16.8 Å². The van der Waals surface area contributed by atoms with E-state index in [4.69, 9.17) is 0 Å². The Morgan fingerprint density at radius 2 is 0.950 bits per heavy atom. The number of anilines is 2. The quantitative estimate of drug-likeness (QED) is 0.251. The Kier molecular flexibility index (Phi) is 6.68. The van der Waals surface area contributed by atoms with Crippen LogP contribution in [0.2, 0.25) is 0 Å². The lowest BCUT2D eigenvalue weighted by Gasteiger charge is -2.11. The van der Waals surface area contributed by atoms with Gasteiger partial charge in [0.2, 0.25) is 0 Å². The number of fused-ring (bicyclic) bond motifs is 3. The van der Waals surface area contributed by atoms with Crippen LogP contribution < -0.4 is 9.44 Å². The summed E-state index contributed by atoms with van der Waals surface area (Å²) in [6.45, 7) is 3.78. The molecule has 0 aromatic heterocycles. The molecule has 0 saturated heterocycles. The molecule has 5 rings (SSSR count). The topological polar surface area (TPSA) is 140 Å². The van der Waals surface area contributed by atoms with Gasteiger partial charge in [0, 0.05) is 16.9 Å². The van der Waals surface area contributed by atoms with Crippen molar-refractivity contribution in [2.45, 2.75) is 23.6 Å². The maximum absolute atomic E-state index is 13.2. The molecule has 10 heteroatoms. The Balaban J connectivity index is 1.59. The Morgan fingerprint density at radius 1 is 0.575 bits per heavy atom. The standard InChI is InChI=1S/C30H22N4O4S2/c1-19-3-7-22(8-4-19)33-39(35,36)24-11-13-26-27-14-12-25(40(37,38)34-23-9-5-20(2)6-10-23)16-29(27)30(28(26)15-24)21(17-31)18-32/h3-16,33-34H,1-2H3. The van der Waals surface area contributed by atoms with Gasteiger partial charge in [0.05, 0.1) is 9.79 Å². The summed E-state index contributed by atoms with van der Waals surface area (Å²) in [7, 11) is -8.02. The molecule has 0 heterocycles. The van der Waals surface area contributed by atoms with E-state index < -0.39 is 20.0 Å². The molecule has 4 aromatic carbocycles. The first-order valence-electron chi connectivity index (χ1n) is 12.0. The molecule has 0 atom stereocenters. The van der Waals surface area contributed by atoms with Gasteiger partial charge in [-0.1, -0.05) is 47.5 Å². The zero-order valence-corrected chi connectivity index (χ0v) is 23.1. The Hall–Kier alpha value is -4.90. The highest BCUT2D eigenvalue weighted by molar-refractivity contribution is 7.93. The van der Waals surface area contributed by atoms with Gasteiger partial charge in [0.15, 0.2) is 0 Å². The van der Waals surface area contributed by atoms with Gasteiger partial charge in [-0.2, -0.15) is 10.5 Å². The molecule has 0 unspecified atom stereocenters. The summed E-state index contributed by atoms with van der Waals surface area (Å²) in [6, 6.07) is 26.3. The van der Waals surface area contributed by atoms with Crippen molar-refractivity contribution in [1.82, 2.24) is 0 Å². The minimum Gasteiger partial charge on any atom is -0.280 e. The number of rotatable bonds is 6. The summed E-state index contributed by atoms with van der Waals surface area (Å²) in [5.74, 6) is 0. The summed E-state index contributed by atoms with van der Waals surface area (Å²) in [5, 5.41) is 19.5. The van der Waals surface area contributed by atoms with Crippen molar-refractivity contribution in [3.63, 3.8) is 0 Å². The summed E-state index contributed by atoms with van der Waals surface area (Å²) < 4.78 is 57.9. The average molecular weight is 567 g/mol. The van der Waals surface area contributed by atoms with Crippen LogP contribution in [-0.2, 0) is 20.0 Å². The third-order valence-corrected chi connectivity index (χ3v) is 9.27. The molecule has 198 valence electrons. The second-order valence-corrected chi connectivity index (χ2v) is 12.7. The summed E-state index contributed by atoms with van der Waals surface area (Å²) in [6.07, 6.45) is 0. The van der Waals surface area contributed by atoms with E-state index in [1.807, 2.05) is 26.0 Å². The summed E-state index contributed by atoms with van der Waals surface area (Å²) >= 11 is 0. The SMILES string of the molecule is Cc1ccc(NS(=O)(=O)c2ccc3c(c2)C(=C(C#N)C#N)c2cc(S(=O)(=O)Nc4ccc(C)cc4)ccc2-3)cc1. The molecule has 0 amide bonds. The average Bonchev–Trinajstić information content (AvgIpc) is 3.25. The van der Waals surface area contributed by atoms with E-state index >= 15 is 0 Å². The fourth-order valence-electron chi connectivity index (χ4n) is 4.49. The molecule has 0 fully saturated rings. The van der Waals surface area contributed by atoms with Crippen molar-refractivity contribution in [3.05, 3.63) is 113 Å². The van der Waals surface area contributed by atoms with E-state index in [2.05, 4.69) is 9.44 Å². The summed E-state index contributed by atoms with van der Waals surface area (Å²) in [4.78, 5) is -0.137. The number of hydrogen-bond acceptors (Lipinski definition) is 6. The molecule has 4 aromatic rings. The summed E-state index contributed by atoms with van der Waals surface area (Å²) in [5.41, 5.74) is 4.49. The number of nitriles is 2. The van der Waals surface area contributed by atoms with Crippen molar-refractivity contribution in [1.29, 1.82) is 10.5 Å². The molecule has 40 heavy (non-hydrogen) atoms. The van der Waals surface area contributed by atoms with Crippen molar-refractivity contribution in [2.24, 2.45) is 0 Å². The van der Waals surface area contributed by atoms with E-state index in [0.29, 0.717) is 33.6 Å². The minimum absolute atomic E-state index is 0.0683. The molecule has 0 aliphatic heterocycles.